The van der Waals surface area contributed by atoms with Crippen LogP contribution in [0.5, 0.6) is 0 Å². The number of hydrogen-bond donors (Lipinski definition) is 4. The molecule has 0 saturated carbocycles. The average Bonchev–Trinajstić information content (AvgIpc) is 2.90. The number of aliphatic hydroxyl groups excluding tert-OH is 1. The van der Waals surface area contributed by atoms with Crippen molar-refractivity contribution in [2.45, 2.75) is 31.2 Å². The van der Waals surface area contributed by atoms with Crippen molar-refractivity contribution >= 4 is 17.6 Å². The maximum absolute atomic E-state index is 13.7. The van der Waals surface area contributed by atoms with E-state index in [-0.39, 0.29) is 24.6 Å². The summed E-state index contributed by atoms with van der Waals surface area (Å²) in [5, 5.41) is 17.7. The lowest BCUT2D eigenvalue weighted by Crippen LogP contribution is -2.50. The molecule has 1 heterocycles. The Morgan fingerprint density at radius 3 is 2.31 bits per heavy atom. The van der Waals surface area contributed by atoms with Crippen molar-refractivity contribution in [1.82, 2.24) is 10.6 Å². The van der Waals surface area contributed by atoms with Gasteiger partial charge in [0.2, 0.25) is 5.91 Å². The summed E-state index contributed by atoms with van der Waals surface area (Å²) in [6.45, 7) is 0.0228. The number of carbonyl (C=O) groups excluding carboxylic acids is 2. The lowest BCUT2D eigenvalue weighted by atomic mass is 10.0. The minimum Gasteiger partial charge on any atom is -0.394 e. The molecule has 0 aliphatic carbocycles. The molecule has 4 rings (SSSR count). The van der Waals surface area contributed by atoms with Gasteiger partial charge in [0.15, 0.2) is 0 Å². The van der Waals surface area contributed by atoms with Crippen molar-refractivity contribution in [3.05, 3.63) is 102 Å². The quantitative estimate of drug-likeness (QED) is 0.360. The number of carbonyl (C=O) groups is 2. The van der Waals surface area contributed by atoms with Crippen LogP contribution in [0.4, 0.5) is 14.9 Å². The van der Waals surface area contributed by atoms with Gasteiger partial charge in [-0.05, 0) is 28.8 Å². The number of para-hydroxylation sites is 1. The van der Waals surface area contributed by atoms with E-state index in [1.54, 1.807) is 18.2 Å². The van der Waals surface area contributed by atoms with E-state index in [0.717, 1.165) is 16.7 Å². The Bertz CT molecular complexity index is 1200. The van der Waals surface area contributed by atoms with Gasteiger partial charge < -0.3 is 25.8 Å². The summed E-state index contributed by atoms with van der Waals surface area (Å²) in [4.78, 5) is 24.7. The third-order valence-electron chi connectivity index (χ3n) is 5.82. The molecule has 3 aromatic carbocycles. The number of hydrogen-bond acceptors (Lipinski definition) is 4. The van der Waals surface area contributed by atoms with Crippen molar-refractivity contribution in [3.8, 4) is 11.1 Å². The first-order valence-corrected chi connectivity index (χ1v) is 11.7. The molecule has 0 unspecified atom stereocenters. The number of halogens is 1. The minimum absolute atomic E-state index is 0.0421. The molecule has 0 saturated heterocycles. The van der Waals surface area contributed by atoms with E-state index < -0.39 is 30.1 Å². The first kappa shape index (κ1) is 25.1. The second-order valence-electron chi connectivity index (χ2n) is 8.43. The Morgan fingerprint density at radius 2 is 1.58 bits per heavy atom. The number of aliphatic hydroxyl groups is 1. The number of rotatable bonds is 8. The lowest BCUT2D eigenvalue weighted by Gasteiger charge is -2.31. The number of amides is 3. The van der Waals surface area contributed by atoms with E-state index in [0.29, 0.717) is 6.54 Å². The monoisotopic (exact) mass is 489 g/mol. The van der Waals surface area contributed by atoms with Gasteiger partial charge in [0.05, 0.1) is 30.9 Å². The topological polar surface area (TPSA) is 99.7 Å². The molecule has 8 heteroatoms. The highest BCUT2D eigenvalue weighted by Crippen LogP contribution is 2.20. The molecule has 7 nitrogen and oxygen atoms in total. The molecule has 0 aromatic heterocycles. The predicted molar refractivity (Wildman–Crippen MR) is 136 cm³/mol. The molecule has 0 radical (unpaired) electrons. The minimum atomic E-state index is -0.746. The summed E-state index contributed by atoms with van der Waals surface area (Å²) >= 11 is 0. The normalized spacial score (nSPS) is 18.9. The highest BCUT2D eigenvalue weighted by atomic mass is 19.1. The Labute approximate surface area is 209 Å². The molecule has 36 heavy (non-hydrogen) atoms. The number of nitrogens with one attached hydrogen (secondary N) is 3. The molecule has 3 amide bonds. The van der Waals surface area contributed by atoms with E-state index in [1.807, 2.05) is 54.6 Å². The van der Waals surface area contributed by atoms with Crippen LogP contribution in [0.15, 0.2) is 91.0 Å². The molecule has 0 bridgehead atoms. The van der Waals surface area contributed by atoms with Crippen LogP contribution in [0.2, 0.25) is 0 Å². The molecule has 0 spiro atoms. The van der Waals surface area contributed by atoms with Gasteiger partial charge >= 0.3 is 6.03 Å². The first-order chi connectivity index (χ1) is 17.5. The molecule has 0 fully saturated rings. The fraction of sp³-hybridized carbons (Fsp3) is 0.214. The molecule has 4 N–H and O–H groups in total. The van der Waals surface area contributed by atoms with Gasteiger partial charge in [-0.3, -0.25) is 4.79 Å². The van der Waals surface area contributed by atoms with Gasteiger partial charge in [0.25, 0.3) is 0 Å². The SMILES string of the molecule is O=C(C[C@@H]1C=C[C@@H](NC(=O)Nc2ccccc2F)[C@@H](CO)O1)NCc1ccc(-c2ccccc2)cc1. The fourth-order valence-electron chi connectivity index (χ4n) is 3.91. The summed E-state index contributed by atoms with van der Waals surface area (Å²) in [6.07, 6.45) is 2.13. The second-order valence-corrected chi connectivity index (χ2v) is 8.43. The van der Waals surface area contributed by atoms with E-state index in [9.17, 15) is 19.1 Å². The van der Waals surface area contributed by atoms with Gasteiger partial charge in [-0.25, -0.2) is 9.18 Å². The fourth-order valence-corrected chi connectivity index (χ4v) is 3.91. The van der Waals surface area contributed by atoms with Crippen molar-refractivity contribution < 1.29 is 23.8 Å². The maximum atomic E-state index is 13.7. The highest BCUT2D eigenvalue weighted by Gasteiger charge is 2.29. The van der Waals surface area contributed by atoms with Crippen molar-refractivity contribution in [2.24, 2.45) is 0 Å². The number of benzene rings is 3. The molecule has 186 valence electrons. The van der Waals surface area contributed by atoms with E-state index in [2.05, 4.69) is 16.0 Å². The molecule has 1 aliphatic heterocycles. The number of anilines is 1. The van der Waals surface area contributed by atoms with E-state index in [1.165, 1.54) is 18.2 Å². The standard InChI is InChI=1S/C28H28FN3O4/c29-23-8-4-5-9-24(23)31-28(35)32-25-15-14-22(36-26(25)18-33)16-27(34)30-17-19-10-12-21(13-11-19)20-6-2-1-3-7-20/h1-15,22,25-26,33H,16-18H2,(H,30,34)(H2,31,32,35)/t22-,25+,26+/m0/s1. The van der Waals surface area contributed by atoms with Crippen molar-refractivity contribution in [1.29, 1.82) is 0 Å². The van der Waals surface area contributed by atoms with Crippen LogP contribution in [0.25, 0.3) is 11.1 Å². The zero-order valence-corrected chi connectivity index (χ0v) is 19.6. The Hall–Kier alpha value is -4.01. The summed E-state index contributed by atoms with van der Waals surface area (Å²) in [5.41, 5.74) is 3.25. The van der Waals surface area contributed by atoms with Crippen molar-refractivity contribution in [3.63, 3.8) is 0 Å². The number of urea groups is 1. The second kappa shape index (κ2) is 12.1. The Balaban J connectivity index is 1.25. The number of ether oxygens (including phenoxy) is 1. The first-order valence-electron chi connectivity index (χ1n) is 11.7. The van der Waals surface area contributed by atoms with Crippen LogP contribution < -0.4 is 16.0 Å². The van der Waals surface area contributed by atoms with Crippen LogP contribution in [0, 0.1) is 5.82 Å². The van der Waals surface area contributed by atoms with E-state index in [4.69, 9.17) is 4.74 Å². The maximum Gasteiger partial charge on any atom is 0.319 e. The largest absolute Gasteiger partial charge is 0.394 e. The summed E-state index contributed by atoms with van der Waals surface area (Å²) in [7, 11) is 0. The summed E-state index contributed by atoms with van der Waals surface area (Å²) in [5.74, 6) is -0.753. The van der Waals surface area contributed by atoms with Crippen LogP contribution in [0.1, 0.15) is 12.0 Å². The van der Waals surface area contributed by atoms with Crippen LogP contribution in [-0.2, 0) is 16.1 Å². The van der Waals surface area contributed by atoms with Gasteiger partial charge in [0.1, 0.15) is 11.9 Å². The van der Waals surface area contributed by atoms with E-state index >= 15 is 0 Å². The molecule has 1 aliphatic rings. The molecular formula is C28H28FN3O4. The third-order valence-corrected chi connectivity index (χ3v) is 5.82. The van der Waals surface area contributed by atoms with Gasteiger partial charge in [-0.15, -0.1) is 0 Å². The van der Waals surface area contributed by atoms with Crippen LogP contribution >= 0.6 is 0 Å². The zero-order chi connectivity index (χ0) is 25.3. The molecule has 3 atom stereocenters. The Kier molecular flexibility index (Phi) is 8.44. The van der Waals surface area contributed by atoms with Crippen LogP contribution in [-0.4, -0.2) is 41.9 Å². The van der Waals surface area contributed by atoms with Gasteiger partial charge in [0, 0.05) is 6.54 Å². The van der Waals surface area contributed by atoms with Gasteiger partial charge in [-0.1, -0.05) is 78.9 Å². The summed E-state index contributed by atoms with van der Waals surface area (Å²) < 4.78 is 19.5. The van der Waals surface area contributed by atoms with Gasteiger partial charge in [-0.2, -0.15) is 0 Å². The molecule has 3 aromatic rings. The third kappa shape index (κ3) is 6.78. The Morgan fingerprint density at radius 1 is 0.889 bits per heavy atom. The summed E-state index contributed by atoms with van der Waals surface area (Å²) in [6, 6.07) is 22.6. The highest BCUT2D eigenvalue weighted by molar-refractivity contribution is 5.89. The van der Waals surface area contributed by atoms with Crippen LogP contribution in [0.3, 0.4) is 0 Å². The average molecular weight is 490 g/mol. The predicted octanol–water partition coefficient (Wildman–Crippen LogP) is 4.01. The van der Waals surface area contributed by atoms with Crippen molar-refractivity contribution in [2.75, 3.05) is 11.9 Å². The lowest BCUT2D eigenvalue weighted by molar-refractivity contribution is -0.125. The smallest absolute Gasteiger partial charge is 0.319 e. The zero-order valence-electron chi connectivity index (χ0n) is 19.6. The molecular weight excluding hydrogens is 461 g/mol.